The third-order valence-corrected chi connectivity index (χ3v) is 5.30. The van der Waals surface area contributed by atoms with E-state index < -0.39 is 0 Å². The average molecular weight is 415 g/mol. The molecule has 0 aliphatic heterocycles. The highest BCUT2D eigenvalue weighted by atomic mass is 32.1. The van der Waals surface area contributed by atoms with Gasteiger partial charge in [0.2, 0.25) is 5.95 Å². The molecule has 1 unspecified atom stereocenters. The highest BCUT2D eigenvalue weighted by molar-refractivity contribution is 7.17. The Balaban J connectivity index is 1.54. The van der Waals surface area contributed by atoms with Crippen LogP contribution in [0.3, 0.4) is 0 Å². The Kier molecular flexibility index (Phi) is 5.59. The van der Waals surface area contributed by atoms with Crippen LogP contribution in [0.4, 0.5) is 5.95 Å². The second kappa shape index (κ2) is 8.63. The smallest absolute Gasteiger partial charge is 0.271 e. The van der Waals surface area contributed by atoms with Crippen LogP contribution in [-0.2, 0) is 6.54 Å². The van der Waals surface area contributed by atoms with Crippen molar-refractivity contribution in [2.75, 3.05) is 5.32 Å². The summed E-state index contributed by atoms with van der Waals surface area (Å²) in [4.78, 5) is 30.2. The third kappa shape index (κ3) is 4.24. The number of pyridine rings is 2. The molecule has 0 saturated carbocycles. The van der Waals surface area contributed by atoms with Crippen molar-refractivity contribution < 1.29 is 4.79 Å². The van der Waals surface area contributed by atoms with E-state index in [1.54, 1.807) is 24.5 Å². The molecule has 30 heavy (non-hydrogen) atoms. The summed E-state index contributed by atoms with van der Waals surface area (Å²) in [6, 6.07) is 12.8. The Bertz CT molecular complexity index is 1220. The van der Waals surface area contributed by atoms with Crippen LogP contribution in [0.15, 0.2) is 54.2 Å². The minimum Gasteiger partial charge on any atom is -0.347 e. The first kappa shape index (κ1) is 19.4. The first-order chi connectivity index (χ1) is 14.6. The molecule has 0 aliphatic carbocycles. The van der Waals surface area contributed by atoms with Gasteiger partial charge in [0.05, 0.1) is 22.0 Å². The van der Waals surface area contributed by atoms with Crippen molar-refractivity contribution in [1.29, 1.82) is 5.26 Å². The van der Waals surface area contributed by atoms with E-state index in [9.17, 15) is 4.79 Å². The van der Waals surface area contributed by atoms with Crippen molar-refractivity contribution in [2.24, 2.45) is 0 Å². The molecule has 4 rings (SSSR count). The molecule has 0 bridgehead atoms. The molecule has 4 heterocycles. The molecule has 148 valence electrons. The van der Waals surface area contributed by atoms with E-state index in [0.29, 0.717) is 22.9 Å². The molecule has 1 atom stereocenters. The highest BCUT2D eigenvalue weighted by Crippen LogP contribution is 2.25. The van der Waals surface area contributed by atoms with Gasteiger partial charge in [-0.3, -0.25) is 9.78 Å². The normalized spacial score (nSPS) is 11.6. The number of anilines is 1. The van der Waals surface area contributed by atoms with Gasteiger partial charge in [-0.05, 0) is 42.1 Å². The first-order valence-electron chi connectivity index (χ1n) is 9.20. The zero-order valence-corrected chi connectivity index (χ0v) is 16.8. The van der Waals surface area contributed by atoms with Crippen LogP contribution in [0.25, 0.3) is 10.2 Å². The maximum absolute atomic E-state index is 12.9. The fourth-order valence-electron chi connectivity index (χ4n) is 2.84. The largest absolute Gasteiger partial charge is 0.347 e. The Morgan fingerprint density at radius 1 is 1.20 bits per heavy atom. The minimum absolute atomic E-state index is 0.122. The van der Waals surface area contributed by atoms with E-state index in [2.05, 4.69) is 30.6 Å². The number of nitrogens with zero attached hydrogens (tertiary/aromatic N) is 5. The van der Waals surface area contributed by atoms with Crippen LogP contribution in [0, 0.1) is 11.3 Å². The van der Waals surface area contributed by atoms with Gasteiger partial charge in [-0.1, -0.05) is 12.1 Å². The van der Waals surface area contributed by atoms with Gasteiger partial charge in [-0.25, -0.2) is 15.0 Å². The number of hydrogen-bond acceptors (Lipinski definition) is 8. The number of carbonyl (C=O) groups is 1. The second-order valence-corrected chi connectivity index (χ2v) is 7.41. The maximum Gasteiger partial charge on any atom is 0.271 e. The summed E-state index contributed by atoms with van der Waals surface area (Å²) in [6.07, 6.45) is 3.30. The maximum atomic E-state index is 12.9. The summed E-state index contributed by atoms with van der Waals surface area (Å²) in [5.74, 6) is 0.0620. The molecule has 0 fully saturated rings. The van der Waals surface area contributed by atoms with Crippen LogP contribution in [0.1, 0.15) is 40.4 Å². The van der Waals surface area contributed by atoms with Crippen LogP contribution < -0.4 is 10.6 Å². The molecule has 0 radical (unpaired) electrons. The molecular formula is C21H17N7OS. The van der Waals surface area contributed by atoms with Gasteiger partial charge in [0.1, 0.15) is 11.8 Å². The zero-order chi connectivity index (χ0) is 20.9. The number of nitriles is 1. The summed E-state index contributed by atoms with van der Waals surface area (Å²) in [5, 5.41) is 16.8. The van der Waals surface area contributed by atoms with Crippen LogP contribution in [0.2, 0.25) is 0 Å². The van der Waals surface area contributed by atoms with Gasteiger partial charge in [0, 0.05) is 18.9 Å². The minimum atomic E-state index is -0.303. The van der Waals surface area contributed by atoms with Crippen LogP contribution in [0.5, 0.6) is 0 Å². The number of rotatable bonds is 6. The summed E-state index contributed by atoms with van der Waals surface area (Å²) in [6.45, 7) is 2.24. The summed E-state index contributed by atoms with van der Waals surface area (Å²) in [7, 11) is 0. The van der Waals surface area contributed by atoms with E-state index in [1.165, 1.54) is 11.3 Å². The van der Waals surface area contributed by atoms with Crippen molar-refractivity contribution >= 4 is 33.4 Å². The Labute approximate surface area is 176 Å². The Hall–Kier alpha value is -3.90. The fourth-order valence-corrected chi connectivity index (χ4v) is 3.66. The topological polar surface area (TPSA) is 116 Å². The first-order valence-corrected chi connectivity index (χ1v) is 10.1. The molecule has 4 aromatic heterocycles. The third-order valence-electron chi connectivity index (χ3n) is 4.39. The fraction of sp³-hybridized carbons (Fsp3) is 0.143. The van der Waals surface area contributed by atoms with Gasteiger partial charge in [0.25, 0.3) is 5.91 Å². The number of thiophene rings is 1. The lowest BCUT2D eigenvalue weighted by Gasteiger charge is -2.14. The quantitative estimate of drug-likeness (QED) is 0.495. The predicted octanol–water partition coefficient (Wildman–Crippen LogP) is 3.46. The monoisotopic (exact) mass is 415 g/mol. The molecule has 0 aromatic carbocycles. The molecule has 0 aliphatic rings. The van der Waals surface area contributed by atoms with E-state index >= 15 is 0 Å². The van der Waals surface area contributed by atoms with Gasteiger partial charge < -0.3 is 10.6 Å². The average Bonchev–Trinajstić information content (AvgIpc) is 3.26. The molecule has 0 saturated heterocycles. The van der Waals surface area contributed by atoms with Gasteiger partial charge in [-0.2, -0.15) is 5.26 Å². The van der Waals surface area contributed by atoms with Crippen LogP contribution in [-0.4, -0.2) is 25.8 Å². The number of nitrogens with one attached hydrogen (secondary N) is 2. The highest BCUT2D eigenvalue weighted by Gasteiger charge is 2.17. The molecular weight excluding hydrogens is 398 g/mol. The second-order valence-electron chi connectivity index (χ2n) is 6.50. The van der Waals surface area contributed by atoms with Crippen molar-refractivity contribution in [3.05, 3.63) is 76.8 Å². The Morgan fingerprint density at radius 3 is 2.83 bits per heavy atom. The van der Waals surface area contributed by atoms with Gasteiger partial charge >= 0.3 is 0 Å². The molecule has 2 N–H and O–H groups in total. The number of carbonyl (C=O) groups excluding carboxylic acids is 1. The lowest BCUT2D eigenvalue weighted by Crippen LogP contribution is -2.25. The predicted molar refractivity (Wildman–Crippen MR) is 114 cm³/mol. The lowest BCUT2D eigenvalue weighted by molar-refractivity contribution is 0.0948. The van der Waals surface area contributed by atoms with E-state index in [1.807, 2.05) is 42.6 Å². The number of amides is 1. The summed E-state index contributed by atoms with van der Waals surface area (Å²) in [5.41, 5.74) is 2.99. The van der Waals surface area contributed by atoms with Crippen molar-refractivity contribution in [1.82, 2.24) is 25.3 Å². The SMILES string of the molecule is CC(Nc1nc(C(=O)NCc2ccc(C#N)nc2)c2sccc2n1)c1ccccn1. The van der Waals surface area contributed by atoms with Crippen molar-refractivity contribution in [3.8, 4) is 6.07 Å². The van der Waals surface area contributed by atoms with Crippen LogP contribution >= 0.6 is 11.3 Å². The van der Waals surface area contributed by atoms with Crippen molar-refractivity contribution in [2.45, 2.75) is 19.5 Å². The van der Waals surface area contributed by atoms with E-state index in [4.69, 9.17) is 5.26 Å². The van der Waals surface area contributed by atoms with Gasteiger partial charge in [-0.15, -0.1) is 11.3 Å². The number of hydrogen-bond donors (Lipinski definition) is 2. The molecule has 1 amide bonds. The lowest BCUT2D eigenvalue weighted by atomic mass is 10.2. The number of aromatic nitrogens is 4. The van der Waals surface area contributed by atoms with E-state index in [0.717, 1.165) is 16.0 Å². The summed E-state index contributed by atoms with van der Waals surface area (Å²) >= 11 is 1.42. The Morgan fingerprint density at radius 2 is 2.10 bits per heavy atom. The number of fused-ring (bicyclic) bond motifs is 1. The van der Waals surface area contributed by atoms with E-state index in [-0.39, 0.29) is 18.5 Å². The molecule has 8 nitrogen and oxygen atoms in total. The zero-order valence-electron chi connectivity index (χ0n) is 16.0. The van der Waals surface area contributed by atoms with Gasteiger partial charge in [0.15, 0.2) is 5.69 Å². The molecule has 9 heteroatoms. The molecule has 4 aromatic rings. The molecule has 0 spiro atoms. The standard InChI is InChI=1S/C21H17N7OS/c1-13(16-4-2-3-8-23-16)26-21-27-17-7-9-30-19(17)18(28-21)20(29)25-12-14-5-6-15(10-22)24-11-14/h2-9,11,13H,12H2,1H3,(H,25,29)(H,26,27,28). The summed E-state index contributed by atoms with van der Waals surface area (Å²) < 4.78 is 0.724. The van der Waals surface area contributed by atoms with Crippen molar-refractivity contribution in [3.63, 3.8) is 0 Å².